The highest BCUT2D eigenvalue weighted by Crippen LogP contribution is 2.34. The quantitative estimate of drug-likeness (QED) is 0.460. The van der Waals surface area contributed by atoms with Gasteiger partial charge in [0.15, 0.2) is 5.82 Å². The highest BCUT2D eigenvalue weighted by Gasteiger charge is 2.33. The lowest BCUT2D eigenvalue weighted by Crippen LogP contribution is -2.39. The first-order chi connectivity index (χ1) is 17.7. The fraction of sp³-hybridized carbons (Fsp3) is 0.538. The van der Waals surface area contributed by atoms with E-state index in [1.54, 1.807) is 30.3 Å². The minimum atomic E-state index is -2.77. The number of hydrogen-bond donors (Lipinski definition) is 1. The zero-order valence-corrected chi connectivity index (χ0v) is 21.3. The van der Waals surface area contributed by atoms with Crippen LogP contribution in [0, 0.1) is 5.92 Å². The maximum atomic E-state index is 14.0. The molecule has 11 heteroatoms. The van der Waals surface area contributed by atoms with E-state index in [2.05, 4.69) is 15.3 Å². The zero-order valence-electron chi connectivity index (χ0n) is 21.3. The van der Waals surface area contributed by atoms with Crippen LogP contribution in [0.3, 0.4) is 0 Å². The van der Waals surface area contributed by atoms with Crippen LogP contribution in [0.15, 0.2) is 30.3 Å². The Morgan fingerprint density at radius 3 is 2.59 bits per heavy atom. The predicted octanol–water partition coefficient (Wildman–Crippen LogP) is 4.51. The van der Waals surface area contributed by atoms with Crippen LogP contribution in [0.1, 0.15) is 52.3 Å². The van der Waals surface area contributed by atoms with Crippen molar-refractivity contribution in [3.05, 3.63) is 36.2 Å². The average molecular weight is 515 g/mol. The Balaban J connectivity index is 1.40. The number of benzene rings is 1. The van der Waals surface area contributed by atoms with Gasteiger partial charge in [0.1, 0.15) is 17.2 Å². The first kappa shape index (κ1) is 25.3. The third-order valence-electron chi connectivity index (χ3n) is 6.47. The standard InChI is InChI=1S/C26H32F2N6O3/c1-26(2,3)37-22(35)14-16-12-17(13-16)29-20-15-21(32-25(31-20)33-8-10-36-11-9-33)34-19-7-5-4-6-18(19)30-24(34)23(27)28/h4-7,15-17,23H,8-14H2,1-3H3,(H,29,31,32). The number of alkyl halides is 2. The van der Waals surface area contributed by atoms with Crippen molar-refractivity contribution in [1.82, 2.24) is 19.5 Å². The first-order valence-electron chi connectivity index (χ1n) is 12.6. The predicted molar refractivity (Wildman–Crippen MR) is 135 cm³/mol. The lowest BCUT2D eigenvalue weighted by molar-refractivity contribution is -0.156. The van der Waals surface area contributed by atoms with Crippen LogP contribution < -0.4 is 10.2 Å². The average Bonchev–Trinajstić information content (AvgIpc) is 3.22. The largest absolute Gasteiger partial charge is 0.460 e. The Hall–Kier alpha value is -3.34. The molecule has 2 aromatic heterocycles. The van der Waals surface area contributed by atoms with Gasteiger partial charge in [-0.2, -0.15) is 9.97 Å². The Morgan fingerprint density at radius 2 is 1.89 bits per heavy atom. The molecular formula is C26H32F2N6O3. The topological polar surface area (TPSA) is 94.4 Å². The molecule has 1 aliphatic heterocycles. The fourth-order valence-electron chi connectivity index (χ4n) is 4.80. The summed E-state index contributed by atoms with van der Waals surface area (Å²) >= 11 is 0. The summed E-state index contributed by atoms with van der Waals surface area (Å²) in [5.41, 5.74) is 0.527. The van der Waals surface area contributed by atoms with Crippen LogP contribution >= 0.6 is 0 Å². The van der Waals surface area contributed by atoms with Crippen molar-refractivity contribution in [3.8, 4) is 5.82 Å². The monoisotopic (exact) mass is 514 g/mol. The summed E-state index contributed by atoms with van der Waals surface area (Å²) in [7, 11) is 0. The second kappa shape index (κ2) is 10.2. The number of para-hydroxylation sites is 2. The zero-order chi connectivity index (χ0) is 26.2. The number of esters is 1. The summed E-state index contributed by atoms with van der Waals surface area (Å²) in [6.07, 6.45) is -0.808. The minimum Gasteiger partial charge on any atom is -0.460 e. The van der Waals surface area contributed by atoms with Gasteiger partial charge in [-0.05, 0) is 51.7 Å². The second-order valence-electron chi connectivity index (χ2n) is 10.6. The molecule has 0 spiro atoms. The molecule has 0 unspecified atom stereocenters. The van der Waals surface area contributed by atoms with Crippen LogP contribution in [-0.4, -0.2) is 63.4 Å². The van der Waals surface area contributed by atoms with Crippen molar-refractivity contribution in [2.24, 2.45) is 5.92 Å². The Kier molecular flexibility index (Phi) is 6.98. The van der Waals surface area contributed by atoms with Crippen LogP contribution in [0.25, 0.3) is 16.9 Å². The van der Waals surface area contributed by atoms with Crippen molar-refractivity contribution >= 4 is 28.8 Å². The van der Waals surface area contributed by atoms with E-state index in [4.69, 9.17) is 14.5 Å². The van der Waals surface area contributed by atoms with Crippen LogP contribution in [0.2, 0.25) is 0 Å². The molecule has 9 nitrogen and oxygen atoms in total. The molecule has 1 aromatic carbocycles. The van der Waals surface area contributed by atoms with E-state index in [1.807, 2.05) is 25.7 Å². The summed E-state index contributed by atoms with van der Waals surface area (Å²) in [5.74, 6) is 1.00. The summed E-state index contributed by atoms with van der Waals surface area (Å²) in [5, 5.41) is 3.43. The number of halogens is 2. The highest BCUT2D eigenvalue weighted by atomic mass is 19.3. The van der Waals surface area contributed by atoms with Gasteiger partial charge in [0.05, 0.1) is 24.2 Å². The van der Waals surface area contributed by atoms with Crippen molar-refractivity contribution in [2.45, 2.75) is 58.1 Å². The number of imidazole rings is 1. The third kappa shape index (κ3) is 5.82. The summed E-state index contributed by atoms with van der Waals surface area (Å²) in [6.45, 7) is 7.88. The first-order valence-corrected chi connectivity index (χ1v) is 12.6. The number of anilines is 2. The molecule has 37 heavy (non-hydrogen) atoms. The number of carbonyl (C=O) groups excluding carboxylic acids is 1. The van der Waals surface area contributed by atoms with Gasteiger partial charge in [-0.1, -0.05) is 12.1 Å². The second-order valence-corrected chi connectivity index (χ2v) is 10.6. The molecule has 3 aromatic rings. The van der Waals surface area contributed by atoms with Gasteiger partial charge >= 0.3 is 5.97 Å². The number of nitrogens with zero attached hydrogens (tertiary/aromatic N) is 5. The highest BCUT2D eigenvalue weighted by molar-refractivity contribution is 5.78. The summed E-state index contributed by atoms with van der Waals surface area (Å²) in [4.78, 5) is 27.7. The number of ether oxygens (including phenoxy) is 2. The molecule has 0 radical (unpaired) electrons. The van der Waals surface area contributed by atoms with Crippen molar-refractivity contribution < 1.29 is 23.0 Å². The van der Waals surface area contributed by atoms with Crippen molar-refractivity contribution in [3.63, 3.8) is 0 Å². The van der Waals surface area contributed by atoms with E-state index < -0.39 is 12.0 Å². The maximum Gasteiger partial charge on any atom is 0.306 e. The molecule has 2 fully saturated rings. The van der Waals surface area contributed by atoms with Gasteiger partial charge in [0, 0.05) is 31.6 Å². The van der Waals surface area contributed by atoms with E-state index in [1.165, 1.54) is 4.57 Å². The van der Waals surface area contributed by atoms with Gasteiger partial charge in [-0.15, -0.1) is 0 Å². The molecule has 1 saturated carbocycles. The fourth-order valence-corrected chi connectivity index (χ4v) is 4.80. The van der Waals surface area contributed by atoms with Gasteiger partial charge in [-0.25, -0.2) is 13.8 Å². The normalized spacial score (nSPS) is 20.2. The molecule has 3 heterocycles. The molecule has 5 rings (SSSR count). The van der Waals surface area contributed by atoms with Crippen molar-refractivity contribution in [1.29, 1.82) is 0 Å². The smallest absolute Gasteiger partial charge is 0.306 e. The van der Waals surface area contributed by atoms with Gasteiger partial charge in [-0.3, -0.25) is 9.36 Å². The molecule has 198 valence electrons. The van der Waals surface area contributed by atoms with Gasteiger partial charge < -0.3 is 19.7 Å². The van der Waals surface area contributed by atoms with Gasteiger partial charge in [0.25, 0.3) is 6.43 Å². The molecular weight excluding hydrogens is 482 g/mol. The number of nitrogens with one attached hydrogen (secondary N) is 1. The molecule has 0 atom stereocenters. The molecule has 1 aliphatic carbocycles. The third-order valence-corrected chi connectivity index (χ3v) is 6.47. The van der Waals surface area contributed by atoms with Gasteiger partial charge in [0.2, 0.25) is 5.95 Å². The summed E-state index contributed by atoms with van der Waals surface area (Å²) < 4.78 is 40.4. The molecule has 0 amide bonds. The molecule has 1 N–H and O–H groups in total. The number of rotatable bonds is 7. The Bertz CT molecular complexity index is 1260. The SMILES string of the molecule is CC(C)(C)OC(=O)CC1CC(Nc2cc(-n3c(C(F)F)nc4ccccc43)nc(N3CCOCC3)n2)C1. The van der Waals surface area contributed by atoms with Crippen LogP contribution in [0.4, 0.5) is 20.5 Å². The number of hydrogen-bond acceptors (Lipinski definition) is 8. The lowest BCUT2D eigenvalue weighted by Gasteiger charge is -2.36. The number of morpholine rings is 1. The van der Waals surface area contributed by atoms with E-state index in [0.717, 1.165) is 12.8 Å². The molecule has 0 bridgehead atoms. The molecule has 1 saturated heterocycles. The number of carbonyl (C=O) groups is 1. The van der Waals surface area contributed by atoms with Crippen molar-refractivity contribution in [2.75, 3.05) is 36.5 Å². The molecule has 2 aliphatic rings. The Labute approximate surface area is 214 Å². The van der Waals surface area contributed by atoms with E-state index >= 15 is 0 Å². The van der Waals surface area contributed by atoms with E-state index in [-0.39, 0.29) is 23.8 Å². The van der Waals surface area contributed by atoms with Crippen LogP contribution in [-0.2, 0) is 14.3 Å². The summed E-state index contributed by atoms with van der Waals surface area (Å²) in [6, 6.07) is 8.82. The lowest BCUT2D eigenvalue weighted by atomic mass is 9.78. The van der Waals surface area contributed by atoms with E-state index in [0.29, 0.717) is 61.3 Å². The minimum absolute atomic E-state index is 0.113. The number of aromatic nitrogens is 4. The number of fused-ring (bicyclic) bond motifs is 1. The van der Waals surface area contributed by atoms with Crippen LogP contribution in [0.5, 0.6) is 0 Å². The maximum absolute atomic E-state index is 14.0. The Morgan fingerprint density at radius 1 is 1.16 bits per heavy atom. The van der Waals surface area contributed by atoms with E-state index in [9.17, 15) is 13.6 Å².